The summed E-state index contributed by atoms with van der Waals surface area (Å²) in [7, 11) is 0. The van der Waals surface area contributed by atoms with Gasteiger partial charge in [0, 0.05) is 16.5 Å². The van der Waals surface area contributed by atoms with Gasteiger partial charge in [0.25, 0.3) is 0 Å². The second kappa shape index (κ2) is 8.87. The molecule has 1 aromatic heterocycles. The molecule has 1 N–H and O–H groups in total. The molecule has 0 saturated heterocycles. The Morgan fingerprint density at radius 2 is 1.65 bits per heavy atom. The number of hydrogen-bond acceptors (Lipinski definition) is 3. The molecule has 184 valence electrons. The van der Waals surface area contributed by atoms with E-state index in [1.807, 2.05) is 12.1 Å². The van der Waals surface area contributed by atoms with Gasteiger partial charge in [-0.1, -0.05) is 86.7 Å². The largest absolute Gasteiger partial charge is 0.387 e. The van der Waals surface area contributed by atoms with Gasteiger partial charge in [0.15, 0.2) is 0 Å². The van der Waals surface area contributed by atoms with Gasteiger partial charge in [-0.3, -0.25) is 0 Å². The molecule has 6 rings (SSSR count). The summed E-state index contributed by atoms with van der Waals surface area (Å²) in [5.74, 6) is 0.208. The zero-order valence-corrected chi connectivity index (χ0v) is 21.5. The van der Waals surface area contributed by atoms with Gasteiger partial charge < -0.3 is 5.11 Å². The SMILES string of the molecule is Cc1ccccc1-c1nn(-c2ccc(-c3ccccc3)cc2)c2c1CC[C@@H]1[C@@H](C)C(O)C(C#N)=C[C@@]21C. The van der Waals surface area contributed by atoms with Crippen molar-refractivity contribution in [3.63, 3.8) is 0 Å². The monoisotopic (exact) mass is 485 g/mol. The first-order valence-electron chi connectivity index (χ1n) is 13.1. The Labute approximate surface area is 218 Å². The van der Waals surface area contributed by atoms with Crippen LogP contribution < -0.4 is 0 Å². The average Bonchev–Trinajstić information content (AvgIpc) is 3.32. The van der Waals surface area contributed by atoms with Crippen LogP contribution in [0.4, 0.5) is 0 Å². The smallest absolute Gasteiger partial charge is 0.0971 e. The standard InChI is InChI=1S/C33H31N3O/c1-21-9-7-8-12-27(21)30-28-17-18-29-22(2)31(37)25(20-34)19-33(29,3)32(28)36(35-30)26-15-13-24(14-16-26)23-10-5-4-6-11-23/h4-16,19,22,29,31,37H,17-18H2,1-3H3/t22-,29-,31?,33-/m1/s1. The van der Waals surface area contributed by atoms with Crippen LogP contribution in [0.3, 0.4) is 0 Å². The van der Waals surface area contributed by atoms with Crippen molar-refractivity contribution >= 4 is 0 Å². The highest BCUT2D eigenvalue weighted by Crippen LogP contribution is 2.53. The molecule has 0 spiro atoms. The maximum absolute atomic E-state index is 10.9. The summed E-state index contributed by atoms with van der Waals surface area (Å²) < 4.78 is 2.11. The van der Waals surface area contributed by atoms with Crippen LogP contribution in [0.25, 0.3) is 28.1 Å². The van der Waals surface area contributed by atoms with E-state index in [1.165, 1.54) is 16.7 Å². The predicted molar refractivity (Wildman–Crippen MR) is 147 cm³/mol. The summed E-state index contributed by atoms with van der Waals surface area (Å²) >= 11 is 0. The minimum atomic E-state index is -0.720. The van der Waals surface area contributed by atoms with Crippen molar-refractivity contribution in [2.75, 3.05) is 0 Å². The van der Waals surface area contributed by atoms with Crippen LogP contribution in [0.2, 0.25) is 0 Å². The molecule has 0 aliphatic heterocycles. The fourth-order valence-corrected chi connectivity index (χ4v) is 6.68. The number of aryl methyl sites for hydroxylation is 1. The quantitative estimate of drug-likeness (QED) is 0.347. The number of rotatable bonds is 3. The molecule has 2 aliphatic carbocycles. The van der Waals surface area contributed by atoms with Gasteiger partial charge in [-0.05, 0) is 60.4 Å². The van der Waals surface area contributed by atoms with E-state index in [0.29, 0.717) is 5.57 Å². The molecule has 0 amide bonds. The molecule has 0 fully saturated rings. The number of nitrogens with zero attached hydrogens (tertiary/aromatic N) is 3. The van der Waals surface area contributed by atoms with E-state index in [9.17, 15) is 10.4 Å². The van der Waals surface area contributed by atoms with Gasteiger partial charge in [0.2, 0.25) is 0 Å². The van der Waals surface area contributed by atoms with Crippen LogP contribution in [0, 0.1) is 30.1 Å². The van der Waals surface area contributed by atoms with Gasteiger partial charge in [0.1, 0.15) is 0 Å². The first-order valence-corrected chi connectivity index (χ1v) is 13.1. The summed E-state index contributed by atoms with van der Waals surface area (Å²) in [5.41, 5.74) is 9.14. The molecule has 2 aliphatic rings. The average molecular weight is 486 g/mol. The third-order valence-corrected chi connectivity index (χ3v) is 8.62. The van der Waals surface area contributed by atoms with E-state index in [-0.39, 0.29) is 11.8 Å². The number of hydrogen-bond donors (Lipinski definition) is 1. The molecular formula is C33H31N3O. The molecule has 4 nitrogen and oxygen atoms in total. The highest BCUT2D eigenvalue weighted by molar-refractivity contribution is 5.71. The lowest BCUT2D eigenvalue weighted by molar-refractivity contribution is 0.0664. The third kappa shape index (κ3) is 3.65. The fourth-order valence-electron chi connectivity index (χ4n) is 6.68. The number of allylic oxidation sites excluding steroid dienone is 1. The molecule has 4 aromatic rings. The molecule has 37 heavy (non-hydrogen) atoms. The minimum absolute atomic E-state index is 0.0106. The van der Waals surface area contributed by atoms with Crippen LogP contribution in [0.1, 0.15) is 37.1 Å². The molecule has 0 radical (unpaired) electrons. The topological polar surface area (TPSA) is 61.8 Å². The Balaban J connectivity index is 1.58. The first-order chi connectivity index (χ1) is 17.9. The van der Waals surface area contributed by atoms with E-state index in [4.69, 9.17) is 5.10 Å². The Kier molecular flexibility index (Phi) is 5.62. The molecule has 1 heterocycles. The lowest BCUT2D eigenvalue weighted by atomic mass is 9.57. The summed E-state index contributed by atoms with van der Waals surface area (Å²) in [5, 5.41) is 26.0. The van der Waals surface area contributed by atoms with Crippen molar-refractivity contribution in [3.05, 3.63) is 107 Å². The summed E-state index contributed by atoms with van der Waals surface area (Å²) in [6.45, 7) is 6.45. The molecule has 0 bridgehead atoms. The fraction of sp³-hybridized carbons (Fsp3) is 0.273. The Bertz CT molecular complexity index is 1540. The second-order valence-electron chi connectivity index (χ2n) is 10.8. The molecule has 4 atom stereocenters. The van der Waals surface area contributed by atoms with Crippen molar-refractivity contribution in [1.29, 1.82) is 5.26 Å². The van der Waals surface area contributed by atoms with Crippen LogP contribution in [0.5, 0.6) is 0 Å². The molecular weight excluding hydrogens is 454 g/mol. The van der Waals surface area contributed by atoms with Crippen molar-refractivity contribution in [3.8, 4) is 34.1 Å². The zero-order chi connectivity index (χ0) is 25.7. The lowest BCUT2D eigenvalue weighted by Gasteiger charge is -2.47. The lowest BCUT2D eigenvalue weighted by Crippen LogP contribution is -2.47. The highest BCUT2D eigenvalue weighted by atomic mass is 16.3. The Hall–Kier alpha value is -3.94. The Morgan fingerprint density at radius 1 is 0.973 bits per heavy atom. The van der Waals surface area contributed by atoms with Gasteiger partial charge in [-0.25, -0.2) is 4.68 Å². The molecule has 1 unspecified atom stereocenters. The summed E-state index contributed by atoms with van der Waals surface area (Å²) in [6, 6.07) is 29.7. The number of fused-ring (bicyclic) bond motifs is 3. The van der Waals surface area contributed by atoms with Crippen LogP contribution >= 0.6 is 0 Å². The number of benzene rings is 3. The number of nitriles is 1. The van der Waals surface area contributed by atoms with Gasteiger partial charge in [0.05, 0.1) is 34.8 Å². The van der Waals surface area contributed by atoms with Gasteiger partial charge >= 0.3 is 0 Å². The van der Waals surface area contributed by atoms with E-state index in [1.54, 1.807) is 0 Å². The highest BCUT2D eigenvalue weighted by Gasteiger charge is 2.50. The van der Waals surface area contributed by atoms with Crippen molar-refractivity contribution in [1.82, 2.24) is 9.78 Å². The molecule has 3 aromatic carbocycles. The third-order valence-electron chi connectivity index (χ3n) is 8.62. The zero-order valence-electron chi connectivity index (χ0n) is 21.5. The first kappa shape index (κ1) is 23.5. The predicted octanol–water partition coefficient (Wildman–Crippen LogP) is 6.80. The van der Waals surface area contributed by atoms with E-state index >= 15 is 0 Å². The Morgan fingerprint density at radius 3 is 2.35 bits per heavy atom. The van der Waals surface area contributed by atoms with Crippen LogP contribution in [-0.4, -0.2) is 21.0 Å². The number of aliphatic hydroxyl groups is 1. The molecule has 0 saturated carbocycles. The second-order valence-corrected chi connectivity index (χ2v) is 10.8. The maximum Gasteiger partial charge on any atom is 0.0971 e. The van der Waals surface area contributed by atoms with Crippen LogP contribution in [-0.2, 0) is 11.8 Å². The van der Waals surface area contributed by atoms with E-state index in [0.717, 1.165) is 41.0 Å². The van der Waals surface area contributed by atoms with Gasteiger partial charge in [-0.2, -0.15) is 10.4 Å². The van der Waals surface area contributed by atoms with Gasteiger partial charge in [-0.15, -0.1) is 0 Å². The van der Waals surface area contributed by atoms with Crippen molar-refractivity contribution in [2.45, 2.75) is 45.1 Å². The summed E-state index contributed by atoms with van der Waals surface area (Å²) in [4.78, 5) is 0. The molecule has 4 heteroatoms. The minimum Gasteiger partial charge on any atom is -0.387 e. The van der Waals surface area contributed by atoms with Crippen molar-refractivity contribution < 1.29 is 5.11 Å². The maximum atomic E-state index is 10.9. The van der Waals surface area contributed by atoms with Crippen molar-refractivity contribution in [2.24, 2.45) is 11.8 Å². The van der Waals surface area contributed by atoms with Crippen LogP contribution in [0.15, 0.2) is 90.5 Å². The normalized spacial score (nSPS) is 24.5. The summed E-state index contributed by atoms with van der Waals surface area (Å²) in [6.07, 6.45) is 3.16. The number of aliphatic hydroxyl groups excluding tert-OH is 1. The van der Waals surface area contributed by atoms with E-state index in [2.05, 4.69) is 104 Å². The van der Waals surface area contributed by atoms with E-state index < -0.39 is 11.5 Å². The number of aromatic nitrogens is 2.